The van der Waals surface area contributed by atoms with Crippen LogP contribution in [-0.4, -0.2) is 28.6 Å². The summed E-state index contributed by atoms with van der Waals surface area (Å²) in [6.07, 6.45) is 1.51. The third kappa shape index (κ3) is 3.67. The molecule has 0 spiro atoms. The van der Waals surface area contributed by atoms with E-state index in [0.717, 1.165) is 6.07 Å². The lowest BCUT2D eigenvalue weighted by atomic mass is 10.1. The van der Waals surface area contributed by atoms with E-state index >= 15 is 0 Å². The molecule has 0 bridgehead atoms. The summed E-state index contributed by atoms with van der Waals surface area (Å²) in [6, 6.07) is 3.98. The monoisotopic (exact) mass is 334 g/mol. The van der Waals surface area contributed by atoms with E-state index in [1.165, 1.54) is 30.9 Å². The highest BCUT2D eigenvalue weighted by molar-refractivity contribution is 6.01. The summed E-state index contributed by atoms with van der Waals surface area (Å²) in [5.74, 6) is 0.309. The maximum atomic E-state index is 13.4. The number of hydrazone groups is 1. The summed E-state index contributed by atoms with van der Waals surface area (Å²) < 4.78 is 40.1. The van der Waals surface area contributed by atoms with Crippen LogP contribution in [0.25, 0.3) is 0 Å². The number of nitrogens with zero attached hydrogens (tertiary/aromatic N) is 4. The van der Waals surface area contributed by atoms with Gasteiger partial charge in [-0.05, 0) is 18.2 Å². The Kier molecular flexibility index (Phi) is 4.41. The van der Waals surface area contributed by atoms with Gasteiger partial charge in [0.1, 0.15) is 5.84 Å². The number of aromatic nitrogens is 2. The third-order valence-electron chi connectivity index (χ3n) is 3.27. The van der Waals surface area contributed by atoms with Gasteiger partial charge in [-0.25, -0.2) is 0 Å². The van der Waals surface area contributed by atoms with Gasteiger partial charge < -0.3 is 5.32 Å². The van der Waals surface area contributed by atoms with Crippen LogP contribution in [0.5, 0.6) is 0 Å². The van der Waals surface area contributed by atoms with Gasteiger partial charge in [0.15, 0.2) is 0 Å². The molecule has 0 amide bonds. The maximum absolute atomic E-state index is 13.4. The van der Waals surface area contributed by atoms with E-state index < -0.39 is 11.7 Å². The molecule has 3 rings (SSSR count). The first-order chi connectivity index (χ1) is 11.5. The Labute approximate surface area is 135 Å². The molecule has 1 aromatic carbocycles. The molecule has 0 unspecified atom stereocenters. The second-order valence-electron chi connectivity index (χ2n) is 4.92. The molecule has 2 heterocycles. The lowest BCUT2D eigenvalue weighted by molar-refractivity contribution is -0.137. The van der Waals surface area contributed by atoms with Crippen molar-refractivity contribution in [3.05, 3.63) is 53.6 Å². The van der Waals surface area contributed by atoms with Crippen molar-refractivity contribution in [2.75, 3.05) is 11.9 Å². The number of anilines is 1. The van der Waals surface area contributed by atoms with Crippen molar-refractivity contribution < 1.29 is 13.2 Å². The van der Waals surface area contributed by atoms with Crippen LogP contribution in [0.1, 0.15) is 16.8 Å². The molecule has 0 atom stereocenters. The van der Waals surface area contributed by atoms with Crippen LogP contribution in [0.3, 0.4) is 0 Å². The summed E-state index contributed by atoms with van der Waals surface area (Å²) in [5, 5.41) is 6.56. The minimum Gasteiger partial charge on any atom is -0.379 e. The van der Waals surface area contributed by atoms with Gasteiger partial charge in [-0.1, -0.05) is 0 Å². The molecule has 1 aromatic heterocycles. The van der Waals surface area contributed by atoms with Crippen LogP contribution >= 0.6 is 0 Å². The van der Waals surface area contributed by atoms with Crippen molar-refractivity contribution >= 4 is 17.7 Å². The zero-order valence-corrected chi connectivity index (χ0v) is 12.4. The first kappa shape index (κ1) is 15.9. The van der Waals surface area contributed by atoms with E-state index in [1.54, 1.807) is 6.07 Å². The highest BCUT2D eigenvalue weighted by atomic mass is 19.4. The Bertz CT molecular complexity index is 771. The predicted molar refractivity (Wildman–Crippen MR) is 83.8 cm³/mol. The van der Waals surface area contributed by atoms with Gasteiger partial charge in [0.25, 0.3) is 0 Å². The van der Waals surface area contributed by atoms with E-state index in [9.17, 15) is 13.2 Å². The van der Waals surface area contributed by atoms with Crippen molar-refractivity contribution in [1.82, 2.24) is 15.4 Å². The molecule has 0 aliphatic carbocycles. The molecule has 2 N–H and O–H groups in total. The second kappa shape index (κ2) is 6.65. The second-order valence-corrected chi connectivity index (χ2v) is 4.92. The molecular weight excluding hydrogens is 321 g/mol. The minimum atomic E-state index is -4.50. The smallest absolute Gasteiger partial charge is 0.379 e. The van der Waals surface area contributed by atoms with Crippen molar-refractivity contribution in [1.29, 1.82) is 0 Å². The minimum absolute atomic E-state index is 0.0307. The highest BCUT2D eigenvalue weighted by Gasteiger charge is 2.34. The van der Waals surface area contributed by atoms with Gasteiger partial charge in [0.2, 0.25) is 0 Å². The molecule has 24 heavy (non-hydrogen) atoms. The highest BCUT2D eigenvalue weighted by Crippen LogP contribution is 2.35. The number of halogens is 3. The topological polar surface area (TPSA) is 74.6 Å². The van der Waals surface area contributed by atoms with Crippen LogP contribution in [0.2, 0.25) is 0 Å². The fourth-order valence-corrected chi connectivity index (χ4v) is 2.16. The first-order valence-corrected chi connectivity index (χ1v) is 7.06. The summed E-state index contributed by atoms with van der Waals surface area (Å²) in [4.78, 5) is 12.0. The Hall–Kier alpha value is -2.97. The quantitative estimate of drug-likeness (QED) is 0.901. The van der Waals surface area contributed by atoms with Crippen molar-refractivity contribution in [2.45, 2.75) is 12.7 Å². The number of alkyl halides is 3. The lowest BCUT2D eigenvalue weighted by Gasteiger charge is -2.17. The Morgan fingerprint density at radius 1 is 1.21 bits per heavy atom. The molecule has 1 aliphatic rings. The Morgan fingerprint density at radius 2 is 2.08 bits per heavy atom. The Morgan fingerprint density at radius 3 is 2.75 bits per heavy atom. The van der Waals surface area contributed by atoms with Gasteiger partial charge >= 0.3 is 6.18 Å². The van der Waals surface area contributed by atoms with Gasteiger partial charge in [-0.15, -0.1) is 0 Å². The number of aliphatic imine (C=N–C) groups is 1. The molecule has 9 heteroatoms. The van der Waals surface area contributed by atoms with Crippen molar-refractivity contribution in [2.24, 2.45) is 10.1 Å². The van der Waals surface area contributed by atoms with E-state index in [1.807, 2.05) is 0 Å². The maximum Gasteiger partial charge on any atom is 0.418 e. The third-order valence-corrected chi connectivity index (χ3v) is 3.27. The van der Waals surface area contributed by atoms with Gasteiger partial charge in [0.05, 0.1) is 30.5 Å². The number of benzene rings is 1. The number of hydrogen-bond acceptors (Lipinski definition) is 6. The first-order valence-electron chi connectivity index (χ1n) is 7.06. The fraction of sp³-hybridized carbons (Fsp3) is 0.200. The average Bonchev–Trinajstić information content (AvgIpc) is 2.61. The lowest BCUT2D eigenvalue weighted by Crippen LogP contribution is -2.24. The van der Waals surface area contributed by atoms with Gasteiger partial charge in [0, 0.05) is 29.9 Å². The summed E-state index contributed by atoms with van der Waals surface area (Å²) in [7, 11) is 0. The molecule has 2 aromatic rings. The molecule has 6 nitrogen and oxygen atoms in total. The van der Waals surface area contributed by atoms with Crippen LogP contribution < -0.4 is 10.7 Å². The molecule has 0 fully saturated rings. The number of hydrogen-bond donors (Lipinski definition) is 2. The number of nitrogens with one attached hydrogen (secondary N) is 2. The van der Waals surface area contributed by atoms with Gasteiger partial charge in [-0.3, -0.25) is 20.4 Å². The number of rotatable bonds is 4. The predicted octanol–water partition coefficient (Wildman–Crippen LogP) is 2.44. The molecule has 0 radical (unpaired) electrons. The van der Waals surface area contributed by atoms with Gasteiger partial charge in [-0.2, -0.15) is 18.3 Å². The van der Waals surface area contributed by atoms with Crippen LogP contribution in [0.15, 0.2) is 46.9 Å². The zero-order chi connectivity index (χ0) is 17.0. The molecule has 1 aliphatic heterocycles. The SMILES string of the molecule is FC(F)(F)c1cc(C2=NCC=NN2)ccc1NCc1cnccn1. The van der Waals surface area contributed by atoms with E-state index in [0.29, 0.717) is 23.6 Å². The summed E-state index contributed by atoms with van der Waals surface area (Å²) in [6.45, 7) is 0.468. The molecule has 124 valence electrons. The van der Waals surface area contributed by atoms with E-state index in [2.05, 4.69) is 30.8 Å². The fourth-order valence-electron chi connectivity index (χ4n) is 2.16. The van der Waals surface area contributed by atoms with Crippen LogP contribution in [0, 0.1) is 0 Å². The largest absolute Gasteiger partial charge is 0.418 e. The molecular formula is C15H13F3N6. The zero-order valence-electron chi connectivity index (χ0n) is 12.4. The van der Waals surface area contributed by atoms with Crippen LogP contribution in [-0.2, 0) is 12.7 Å². The van der Waals surface area contributed by atoms with E-state index in [4.69, 9.17) is 0 Å². The Balaban J connectivity index is 1.87. The average molecular weight is 334 g/mol. The summed E-state index contributed by atoms with van der Waals surface area (Å²) in [5.41, 5.74) is 2.67. The normalized spacial score (nSPS) is 14.0. The van der Waals surface area contributed by atoms with E-state index in [-0.39, 0.29) is 12.2 Å². The summed E-state index contributed by atoms with van der Waals surface area (Å²) >= 11 is 0. The van der Waals surface area contributed by atoms with Crippen molar-refractivity contribution in [3.63, 3.8) is 0 Å². The van der Waals surface area contributed by atoms with Crippen molar-refractivity contribution in [3.8, 4) is 0 Å². The van der Waals surface area contributed by atoms with Crippen LogP contribution in [0.4, 0.5) is 18.9 Å². The standard InChI is InChI=1S/C15H13F3N6/c16-15(17,18)12-7-10(14-21-5-6-23-24-14)1-2-13(12)22-9-11-8-19-3-4-20-11/h1-4,6-8,22H,5,9H2,(H,21,24). The molecule has 0 saturated heterocycles. The molecule has 0 saturated carbocycles. The number of amidine groups is 1.